The number of urea groups is 1. The van der Waals surface area contributed by atoms with Gasteiger partial charge in [-0.05, 0) is 107 Å². The van der Waals surface area contributed by atoms with Crippen molar-refractivity contribution in [2.75, 3.05) is 30.8 Å². The molecule has 1 aliphatic rings. The van der Waals surface area contributed by atoms with E-state index in [4.69, 9.17) is 14.2 Å². The van der Waals surface area contributed by atoms with E-state index in [9.17, 15) is 9.59 Å². The van der Waals surface area contributed by atoms with Crippen molar-refractivity contribution < 1.29 is 23.8 Å². The molecule has 0 aromatic heterocycles. The van der Waals surface area contributed by atoms with E-state index in [1.807, 2.05) is 26.0 Å². The summed E-state index contributed by atoms with van der Waals surface area (Å²) in [7, 11) is 1.55. The predicted octanol–water partition coefficient (Wildman–Crippen LogP) is 8.08. The van der Waals surface area contributed by atoms with E-state index in [-0.39, 0.29) is 29.6 Å². The van der Waals surface area contributed by atoms with Crippen LogP contribution in [0, 0.1) is 0 Å². The lowest BCUT2D eigenvalue weighted by Crippen LogP contribution is -2.49. The number of hydrogen-bond donors (Lipinski definition) is 3. The summed E-state index contributed by atoms with van der Waals surface area (Å²) in [6, 6.07) is 19.5. The van der Waals surface area contributed by atoms with Crippen LogP contribution in [0.5, 0.6) is 23.0 Å². The molecule has 3 aromatic rings. The third kappa shape index (κ3) is 9.38. The number of carbonyl (C=O) groups excluding carboxylic acids is 2. The smallest absolute Gasteiger partial charge is 0.319 e. The molecule has 0 saturated carbocycles. The van der Waals surface area contributed by atoms with Crippen LogP contribution in [-0.4, -0.2) is 54.7 Å². The van der Waals surface area contributed by atoms with Gasteiger partial charge in [-0.25, -0.2) is 4.79 Å². The average Bonchev–Trinajstić information content (AvgIpc) is 3.05. The van der Waals surface area contributed by atoms with Crippen molar-refractivity contribution >= 4 is 23.3 Å². The Hall–Kier alpha value is -4.24. The second-order valence-corrected chi connectivity index (χ2v) is 12.1. The van der Waals surface area contributed by atoms with E-state index >= 15 is 0 Å². The fourth-order valence-corrected chi connectivity index (χ4v) is 5.29. The molecule has 3 amide bonds. The third-order valence-corrected chi connectivity index (χ3v) is 8.66. The van der Waals surface area contributed by atoms with Crippen LogP contribution >= 0.6 is 0 Å². The number of methoxy groups -OCH3 is 1. The summed E-state index contributed by atoms with van der Waals surface area (Å²) in [5.41, 5.74) is 2.01. The van der Waals surface area contributed by atoms with Gasteiger partial charge in [0.1, 0.15) is 17.6 Å². The molecule has 1 heterocycles. The molecular weight excluding hydrogens is 568 g/mol. The number of ether oxygens (including phenoxy) is 3. The summed E-state index contributed by atoms with van der Waals surface area (Å²) in [6.07, 6.45) is 5.04. The number of piperidine rings is 1. The van der Waals surface area contributed by atoms with Crippen molar-refractivity contribution in [3.63, 3.8) is 0 Å². The molecule has 3 N–H and O–H groups in total. The van der Waals surface area contributed by atoms with Gasteiger partial charge in [0.2, 0.25) is 0 Å². The monoisotopic (exact) mass is 616 g/mol. The Labute approximate surface area is 267 Å². The Morgan fingerprint density at radius 2 is 1.47 bits per heavy atom. The Bertz CT molecular complexity index is 1400. The first-order chi connectivity index (χ1) is 21.6. The largest absolute Gasteiger partial charge is 0.493 e. The van der Waals surface area contributed by atoms with Gasteiger partial charge in [0, 0.05) is 47.7 Å². The molecule has 0 unspecified atom stereocenters. The fourth-order valence-electron chi connectivity index (χ4n) is 5.29. The minimum Gasteiger partial charge on any atom is -0.493 e. The van der Waals surface area contributed by atoms with E-state index in [1.54, 1.807) is 61.7 Å². The maximum atomic E-state index is 12.9. The van der Waals surface area contributed by atoms with Gasteiger partial charge in [0.05, 0.1) is 7.11 Å². The number of hydrogen-bond acceptors (Lipinski definition) is 6. The van der Waals surface area contributed by atoms with Crippen LogP contribution in [0.1, 0.15) is 77.1 Å². The van der Waals surface area contributed by atoms with Crippen molar-refractivity contribution in [3.05, 3.63) is 72.3 Å². The molecule has 3 aromatic carbocycles. The highest BCUT2D eigenvalue weighted by Crippen LogP contribution is 2.34. The summed E-state index contributed by atoms with van der Waals surface area (Å²) < 4.78 is 17.7. The molecule has 4 rings (SSSR count). The van der Waals surface area contributed by atoms with Crippen molar-refractivity contribution in [1.82, 2.24) is 10.2 Å². The number of likely N-dealkylation sites (tertiary alicyclic amines) is 1. The zero-order valence-corrected chi connectivity index (χ0v) is 27.4. The van der Waals surface area contributed by atoms with Crippen LogP contribution in [-0.2, 0) is 0 Å². The maximum absolute atomic E-state index is 12.9. The van der Waals surface area contributed by atoms with Crippen molar-refractivity contribution in [2.24, 2.45) is 0 Å². The van der Waals surface area contributed by atoms with Crippen LogP contribution in [0.25, 0.3) is 0 Å². The minimum absolute atomic E-state index is 0.124. The van der Waals surface area contributed by atoms with Gasteiger partial charge < -0.3 is 30.2 Å². The average molecular weight is 617 g/mol. The van der Waals surface area contributed by atoms with Gasteiger partial charge in [-0.2, -0.15) is 0 Å². The van der Waals surface area contributed by atoms with Crippen LogP contribution in [0.2, 0.25) is 0 Å². The SMILES string of the molecule is CCC(CC)NC(=O)Nc1ccc(Oc2ccc(NC(=O)c3ccc(OC4CCN(C(C)(C)CC)CC4)cc3)cc2)c(OC)c1. The highest BCUT2D eigenvalue weighted by molar-refractivity contribution is 6.04. The summed E-state index contributed by atoms with van der Waals surface area (Å²) in [5.74, 6) is 2.13. The molecule has 0 spiro atoms. The fraction of sp³-hybridized carbons (Fsp3) is 0.444. The van der Waals surface area contributed by atoms with Crippen molar-refractivity contribution in [2.45, 2.75) is 84.4 Å². The molecule has 0 radical (unpaired) electrons. The first-order valence-electron chi connectivity index (χ1n) is 16.0. The molecule has 1 saturated heterocycles. The number of rotatable bonds is 13. The molecule has 0 bridgehead atoms. The van der Waals surface area contributed by atoms with Gasteiger partial charge >= 0.3 is 6.03 Å². The van der Waals surface area contributed by atoms with Crippen LogP contribution in [0.15, 0.2) is 66.7 Å². The summed E-state index contributed by atoms with van der Waals surface area (Å²) in [5, 5.41) is 8.72. The number of anilines is 2. The van der Waals surface area contributed by atoms with E-state index in [2.05, 4.69) is 41.6 Å². The second-order valence-electron chi connectivity index (χ2n) is 12.1. The minimum atomic E-state index is -0.260. The molecule has 0 aliphatic carbocycles. The predicted molar refractivity (Wildman–Crippen MR) is 180 cm³/mol. The first-order valence-corrected chi connectivity index (χ1v) is 16.0. The third-order valence-electron chi connectivity index (χ3n) is 8.66. The lowest BCUT2D eigenvalue weighted by molar-refractivity contribution is 0.0390. The number of carbonyl (C=O) groups is 2. The van der Waals surface area contributed by atoms with Gasteiger partial charge in [-0.1, -0.05) is 20.8 Å². The summed E-state index contributed by atoms with van der Waals surface area (Å²) in [4.78, 5) is 27.8. The highest BCUT2D eigenvalue weighted by atomic mass is 16.5. The second kappa shape index (κ2) is 15.7. The zero-order valence-electron chi connectivity index (χ0n) is 27.4. The molecule has 9 nitrogen and oxygen atoms in total. The Morgan fingerprint density at radius 1 is 0.844 bits per heavy atom. The van der Waals surface area contributed by atoms with Crippen LogP contribution < -0.4 is 30.2 Å². The molecule has 1 aliphatic heterocycles. The molecule has 45 heavy (non-hydrogen) atoms. The molecule has 9 heteroatoms. The molecule has 0 atom stereocenters. The van der Waals surface area contributed by atoms with E-state index in [1.165, 1.54) is 0 Å². The quantitative estimate of drug-likeness (QED) is 0.180. The lowest BCUT2D eigenvalue weighted by atomic mass is 9.95. The van der Waals surface area contributed by atoms with E-state index in [0.717, 1.165) is 50.9 Å². The Morgan fingerprint density at radius 3 is 2.07 bits per heavy atom. The normalized spacial score (nSPS) is 14.1. The zero-order chi connectivity index (χ0) is 32.4. The van der Waals surface area contributed by atoms with Crippen LogP contribution in [0.4, 0.5) is 16.2 Å². The van der Waals surface area contributed by atoms with Gasteiger partial charge in [0.25, 0.3) is 5.91 Å². The number of amides is 3. The Kier molecular flexibility index (Phi) is 11.7. The topological polar surface area (TPSA) is 101 Å². The number of nitrogens with one attached hydrogen (secondary N) is 3. The Balaban J connectivity index is 1.28. The molecular formula is C36H48N4O5. The molecule has 242 valence electrons. The van der Waals surface area contributed by atoms with Crippen LogP contribution in [0.3, 0.4) is 0 Å². The van der Waals surface area contributed by atoms with Gasteiger partial charge in [0.15, 0.2) is 11.5 Å². The maximum Gasteiger partial charge on any atom is 0.319 e. The first kappa shape index (κ1) is 33.6. The number of benzene rings is 3. The standard InChI is InChI=1S/C36H48N4O5/c1-7-26(8-2)38-35(42)39-28-14-19-32(33(24-28)43-6)45-30-17-12-27(13-18-30)37-34(41)25-10-15-29(16-11-25)44-31-20-22-40(23-21-31)36(4,5)9-3/h10-19,24,26,31H,7-9,20-23H2,1-6H3,(H,37,41)(H2,38,39,42). The number of nitrogens with zero attached hydrogens (tertiary/aromatic N) is 1. The van der Waals surface area contributed by atoms with Crippen molar-refractivity contribution in [3.8, 4) is 23.0 Å². The highest BCUT2D eigenvalue weighted by Gasteiger charge is 2.29. The van der Waals surface area contributed by atoms with Gasteiger partial charge in [-0.15, -0.1) is 0 Å². The molecule has 1 fully saturated rings. The van der Waals surface area contributed by atoms with Gasteiger partial charge in [-0.3, -0.25) is 9.69 Å². The van der Waals surface area contributed by atoms with Crippen molar-refractivity contribution in [1.29, 1.82) is 0 Å². The van der Waals surface area contributed by atoms with E-state index in [0.29, 0.717) is 34.2 Å². The van der Waals surface area contributed by atoms with E-state index < -0.39 is 0 Å². The summed E-state index contributed by atoms with van der Waals surface area (Å²) >= 11 is 0. The summed E-state index contributed by atoms with van der Waals surface area (Å²) in [6.45, 7) is 13.0. The lowest BCUT2D eigenvalue weighted by Gasteiger charge is -2.42.